The van der Waals surface area contributed by atoms with Crippen molar-refractivity contribution < 1.29 is 0 Å². The highest BCUT2D eigenvalue weighted by Gasteiger charge is 2.18. The van der Waals surface area contributed by atoms with E-state index in [0.29, 0.717) is 0 Å². The second-order valence-corrected chi connectivity index (χ2v) is 12.5. The highest BCUT2D eigenvalue weighted by atomic mass is 14.2. The van der Waals surface area contributed by atoms with Crippen LogP contribution in [0.4, 0.5) is 0 Å². The first-order valence-electron chi connectivity index (χ1n) is 16.6. The van der Waals surface area contributed by atoms with E-state index < -0.39 is 0 Å². The molecule has 0 radical (unpaired) electrons. The quantitative estimate of drug-likeness (QED) is 0.171. The minimum atomic E-state index is 1.21. The Labute approximate surface area is 281 Å². The fourth-order valence-corrected chi connectivity index (χ4v) is 7.38. The van der Waals surface area contributed by atoms with Gasteiger partial charge in [0.15, 0.2) is 0 Å². The lowest BCUT2D eigenvalue weighted by molar-refractivity contribution is 1.57. The number of fused-ring (bicyclic) bond motifs is 3. The minimum absolute atomic E-state index is 1.21. The van der Waals surface area contributed by atoms with Crippen molar-refractivity contribution in [3.05, 3.63) is 194 Å². The Hall–Kier alpha value is -6.24. The molecule has 0 saturated carbocycles. The number of rotatable bonds is 5. The fraction of sp³-hybridized carbons (Fsp3) is 0. The molecule has 0 aromatic heterocycles. The largest absolute Gasteiger partial charge is 0.0622 e. The van der Waals surface area contributed by atoms with Gasteiger partial charge in [-0.05, 0) is 100 Å². The maximum Gasteiger partial charge on any atom is -0.00261 e. The zero-order chi connectivity index (χ0) is 31.9. The molecule has 0 saturated heterocycles. The summed E-state index contributed by atoms with van der Waals surface area (Å²) in [5.74, 6) is 0. The summed E-state index contributed by atoms with van der Waals surface area (Å²) in [7, 11) is 0. The van der Waals surface area contributed by atoms with E-state index in [9.17, 15) is 0 Å². The Morgan fingerprint density at radius 1 is 0.208 bits per heavy atom. The minimum Gasteiger partial charge on any atom is -0.0622 e. The smallest absolute Gasteiger partial charge is 0.00261 e. The molecule has 0 aliphatic carbocycles. The number of hydrogen-bond donors (Lipinski definition) is 0. The van der Waals surface area contributed by atoms with Gasteiger partial charge >= 0.3 is 0 Å². The van der Waals surface area contributed by atoms with E-state index in [1.807, 2.05) is 0 Å². The lowest BCUT2D eigenvalue weighted by atomic mass is 9.84. The topological polar surface area (TPSA) is 0 Å². The zero-order valence-corrected chi connectivity index (χ0v) is 26.5. The van der Waals surface area contributed by atoms with Gasteiger partial charge in [0.1, 0.15) is 0 Å². The van der Waals surface area contributed by atoms with Crippen LogP contribution in [0.2, 0.25) is 0 Å². The van der Waals surface area contributed by atoms with Gasteiger partial charge in [-0.15, -0.1) is 0 Å². The lowest BCUT2D eigenvalue weighted by Crippen LogP contribution is -1.92. The molecule has 9 rings (SSSR count). The normalized spacial score (nSPS) is 11.3. The van der Waals surface area contributed by atoms with Gasteiger partial charge in [0.25, 0.3) is 0 Å². The molecule has 0 fully saturated rings. The van der Waals surface area contributed by atoms with E-state index >= 15 is 0 Å². The second-order valence-electron chi connectivity index (χ2n) is 12.5. The van der Waals surface area contributed by atoms with Crippen LogP contribution in [0.5, 0.6) is 0 Å². The molecule has 0 heterocycles. The summed E-state index contributed by atoms with van der Waals surface area (Å²) in [4.78, 5) is 0. The van der Waals surface area contributed by atoms with Crippen molar-refractivity contribution in [3.63, 3.8) is 0 Å². The molecule has 9 aromatic carbocycles. The van der Waals surface area contributed by atoms with Crippen molar-refractivity contribution in [2.75, 3.05) is 0 Å². The third-order valence-electron chi connectivity index (χ3n) is 9.67. The van der Waals surface area contributed by atoms with E-state index in [0.717, 1.165) is 0 Å². The van der Waals surface area contributed by atoms with Gasteiger partial charge in [0.05, 0.1) is 0 Å². The number of benzene rings is 9. The van der Waals surface area contributed by atoms with Crippen LogP contribution >= 0.6 is 0 Å². The molecule has 0 atom stereocenters. The summed E-state index contributed by atoms with van der Waals surface area (Å²) in [5, 5.41) is 7.56. The van der Waals surface area contributed by atoms with Crippen LogP contribution in [0, 0.1) is 0 Å². The third kappa shape index (κ3) is 4.87. The van der Waals surface area contributed by atoms with Crippen LogP contribution < -0.4 is 0 Å². The van der Waals surface area contributed by atoms with Crippen LogP contribution in [-0.4, -0.2) is 0 Å². The molecule has 224 valence electrons. The molecule has 0 spiro atoms. The molecule has 0 aliphatic rings. The molecule has 9 aromatic rings. The van der Waals surface area contributed by atoms with Crippen molar-refractivity contribution in [2.24, 2.45) is 0 Å². The van der Waals surface area contributed by atoms with Crippen molar-refractivity contribution >= 4 is 32.3 Å². The van der Waals surface area contributed by atoms with Gasteiger partial charge in [-0.25, -0.2) is 0 Å². The van der Waals surface area contributed by atoms with Crippen LogP contribution in [0.15, 0.2) is 194 Å². The van der Waals surface area contributed by atoms with Gasteiger partial charge in [0, 0.05) is 0 Å². The Morgan fingerprint density at radius 2 is 0.646 bits per heavy atom. The van der Waals surface area contributed by atoms with E-state index in [4.69, 9.17) is 0 Å². The van der Waals surface area contributed by atoms with Gasteiger partial charge in [0.2, 0.25) is 0 Å². The average Bonchev–Trinajstić information content (AvgIpc) is 3.17. The van der Waals surface area contributed by atoms with Crippen molar-refractivity contribution in [3.8, 4) is 55.6 Å². The highest BCUT2D eigenvalue weighted by molar-refractivity contribution is 6.21. The first-order chi connectivity index (χ1) is 23.8. The summed E-state index contributed by atoms with van der Waals surface area (Å²) >= 11 is 0. The maximum atomic E-state index is 2.42. The third-order valence-corrected chi connectivity index (χ3v) is 9.67. The predicted octanol–water partition coefficient (Wildman–Crippen LogP) is 13.5. The molecule has 0 bridgehead atoms. The van der Waals surface area contributed by atoms with Crippen LogP contribution in [0.3, 0.4) is 0 Å². The van der Waals surface area contributed by atoms with Gasteiger partial charge in [-0.3, -0.25) is 0 Å². The summed E-state index contributed by atoms with van der Waals surface area (Å²) in [6.07, 6.45) is 0. The van der Waals surface area contributed by atoms with E-state index in [2.05, 4.69) is 194 Å². The second kappa shape index (κ2) is 11.8. The zero-order valence-electron chi connectivity index (χ0n) is 26.5. The molecule has 0 amide bonds. The van der Waals surface area contributed by atoms with Crippen molar-refractivity contribution in [1.82, 2.24) is 0 Å². The Morgan fingerprint density at radius 3 is 1.27 bits per heavy atom. The highest BCUT2D eigenvalue weighted by Crippen LogP contribution is 2.45. The molecular weight excluding hydrogens is 577 g/mol. The van der Waals surface area contributed by atoms with E-state index in [-0.39, 0.29) is 0 Å². The van der Waals surface area contributed by atoms with Crippen LogP contribution in [-0.2, 0) is 0 Å². The Balaban J connectivity index is 1.29. The summed E-state index contributed by atoms with van der Waals surface area (Å²) in [6.45, 7) is 0. The first kappa shape index (κ1) is 28.0. The van der Waals surface area contributed by atoms with Crippen molar-refractivity contribution in [1.29, 1.82) is 0 Å². The molecule has 0 N–H and O–H groups in total. The van der Waals surface area contributed by atoms with E-state index in [1.54, 1.807) is 0 Å². The number of hydrogen-bond acceptors (Lipinski definition) is 0. The van der Waals surface area contributed by atoms with Gasteiger partial charge < -0.3 is 0 Å². The fourth-order valence-electron chi connectivity index (χ4n) is 7.38. The maximum absolute atomic E-state index is 2.42. The average molecular weight is 609 g/mol. The molecule has 0 nitrogen and oxygen atoms in total. The standard InChI is InChI=1S/C48H32/c1-3-13-33(14-4-1)35-23-26-36(27-24-35)41-30-29-40(32-46(41)39-28-25-34-15-7-8-18-38(34)31-39)48-44-21-11-9-19-42(44)47(37-16-5-2-6-17-37)43-20-10-12-22-45(43)48/h1-32H. The predicted molar refractivity (Wildman–Crippen MR) is 206 cm³/mol. The Bertz CT molecular complexity index is 2520. The first-order valence-corrected chi connectivity index (χ1v) is 16.6. The summed E-state index contributed by atoms with van der Waals surface area (Å²) < 4.78 is 0. The van der Waals surface area contributed by atoms with Crippen LogP contribution in [0.25, 0.3) is 88.0 Å². The van der Waals surface area contributed by atoms with Crippen molar-refractivity contribution in [2.45, 2.75) is 0 Å². The van der Waals surface area contributed by atoms with Gasteiger partial charge in [-0.2, -0.15) is 0 Å². The van der Waals surface area contributed by atoms with Crippen LogP contribution in [0.1, 0.15) is 0 Å². The summed E-state index contributed by atoms with van der Waals surface area (Å²) in [5.41, 5.74) is 12.3. The molecule has 0 heteroatoms. The molecule has 0 unspecified atom stereocenters. The SMILES string of the molecule is c1ccc(-c2ccc(-c3ccc(-c4c5ccccc5c(-c5ccccc5)c5ccccc45)cc3-c3ccc4ccccc4c3)cc2)cc1. The molecule has 0 aliphatic heterocycles. The summed E-state index contributed by atoms with van der Waals surface area (Å²) in [6, 6.07) is 70.8. The monoisotopic (exact) mass is 608 g/mol. The van der Waals surface area contributed by atoms with Gasteiger partial charge in [-0.1, -0.05) is 182 Å². The Kier molecular flexibility index (Phi) is 6.91. The molecule has 48 heavy (non-hydrogen) atoms. The lowest BCUT2D eigenvalue weighted by Gasteiger charge is -2.19. The van der Waals surface area contributed by atoms with E-state index in [1.165, 1.54) is 88.0 Å². The molecular formula is C48H32.